The van der Waals surface area contributed by atoms with E-state index in [0.717, 1.165) is 46.9 Å². The lowest BCUT2D eigenvalue weighted by molar-refractivity contribution is 0.247. The summed E-state index contributed by atoms with van der Waals surface area (Å²) >= 11 is 5.92. The van der Waals surface area contributed by atoms with Gasteiger partial charge in [0.25, 0.3) is 0 Å². The number of benzene rings is 1. The molecule has 5 rings (SSSR count). The van der Waals surface area contributed by atoms with E-state index in [1.54, 1.807) is 12.3 Å². The molecule has 0 unspecified atom stereocenters. The minimum absolute atomic E-state index is 0.491. The molecule has 134 valence electrons. The maximum Gasteiger partial charge on any atom is 0.158 e. The van der Waals surface area contributed by atoms with E-state index in [4.69, 9.17) is 16.2 Å². The first-order chi connectivity index (χ1) is 12.8. The third-order valence-corrected chi connectivity index (χ3v) is 5.64. The molecule has 0 spiro atoms. The van der Waals surface area contributed by atoms with Crippen molar-refractivity contribution in [3.63, 3.8) is 0 Å². The summed E-state index contributed by atoms with van der Waals surface area (Å²) in [4.78, 5) is 9.15. The maximum absolute atomic E-state index is 5.92. The van der Waals surface area contributed by atoms with Crippen LogP contribution < -0.4 is 4.90 Å². The Kier molecular flexibility index (Phi) is 4.02. The Hall–Kier alpha value is -2.18. The van der Waals surface area contributed by atoms with E-state index in [1.165, 1.54) is 32.5 Å². The van der Waals surface area contributed by atoms with Crippen molar-refractivity contribution < 1.29 is 4.63 Å². The van der Waals surface area contributed by atoms with Crippen molar-refractivity contribution in [3.05, 3.63) is 35.6 Å². The van der Waals surface area contributed by atoms with Gasteiger partial charge in [-0.3, -0.25) is 0 Å². The fourth-order valence-corrected chi connectivity index (χ4v) is 4.15. The third kappa shape index (κ3) is 2.93. The Morgan fingerprint density at radius 3 is 2.69 bits per heavy atom. The van der Waals surface area contributed by atoms with Crippen LogP contribution in [0.15, 0.2) is 35.1 Å². The van der Waals surface area contributed by atoms with Crippen molar-refractivity contribution in [3.8, 4) is 11.1 Å². The minimum atomic E-state index is 0.491. The number of halogens is 1. The summed E-state index contributed by atoms with van der Waals surface area (Å²) < 4.78 is 5.00. The molecular weight excluding hydrogens is 350 g/mol. The molecule has 2 aliphatic heterocycles. The van der Waals surface area contributed by atoms with E-state index < -0.39 is 0 Å². The number of fused-ring (bicyclic) bond motifs is 1. The summed E-state index contributed by atoms with van der Waals surface area (Å²) in [6.07, 6.45) is 4.48. The molecule has 0 N–H and O–H groups in total. The highest BCUT2D eigenvalue weighted by Crippen LogP contribution is 2.35. The van der Waals surface area contributed by atoms with Gasteiger partial charge in [0, 0.05) is 37.3 Å². The van der Waals surface area contributed by atoms with Crippen LogP contribution in [0.25, 0.3) is 22.2 Å². The van der Waals surface area contributed by atoms with Crippen molar-refractivity contribution in [1.82, 2.24) is 20.2 Å². The Morgan fingerprint density at radius 2 is 1.92 bits per heavy atom. The number of aromatic nitrogens is 3. The van der Waals surface area contributed by atoms with Gasteiger partial charge in [-0.15, -0.1) is 0 Å². The summed E-state index contributed by atoms with van der Waals surface area (Å²) in [6, 6.07) is 7.92. The summed E-state index contributed by atoms with van der Waals surface area (Å²) in [7, 11) is 0. The largest absolute Gasteiger partial charge is 0.369 e. The summed E-state index contributed by atoms with van der Waals surface area (Å²) in [5.41, 5.74) is 4.75. The van der Waals surface area contributed by atoms with Crippen LogP contribution in [0.5, 0.6) is 0 Å². The molecule has 1 aromatic carbocycles. The van der Waals surface area contributed by atoms with Crippen LogP contribution in [0.3, 0.4) is 0 Å². The van der Waals surface area contributed by atoms with Crippen LogP contribution in [0.1, 0.15) is 12.8 Å². The first kappa shape index (κ1) is 16.0. The Morgan fingerprint density at radius 1 is 1.08 bits per heavy atom. The van der Waals surface area contributed by atoms with Crippen molar-refractivity contribution in [1.29, 1.82) is 0 Å². The predicted octanol–water partition coefficient (Wildman–Crippen LogP) is 3.47. The van der Waals surface area contributed by atoms with Gasteiger partial charge < -0.3 is 9.80 Å². The standard InChI is InChI=1S/C19H20ClN5O/c20-18-4-3-14(9-21-18)15-7-16-19(23-26-22-16)17(8-15)25-11-13(12-25)10-24-5-1-2-6-24/h3-4,7-9,13H,1-2,5-6,10-12H2. The zero-order chi connectivity index (χ0) is 17.5. The zero-order valence-electron chi connectivity index (χ0n) is 14.4. The molecule has 0 radical (unpaired) electrons. The van der Waals surface area contributed by atoms with Crippen LogP contribution in [-0.2, 0) is 0 Å². The van der Waals surface area contributed by atoms with Crippen LogP contribution in [0.4, 0.5) is 5.69 Å². The van der Waals surface area contributed by atoms with E-state index >= 15 is 0 Å². The Labute approximate surface area is 156 Å². The van der Waals surface area contributed by atoms with Crippen LogP contribution in [0.2, 0.25) is 5.15 Å². The molecule has 2 aromatic heterocycles. The number of rotatable bonds is 4. The van der Waals surface area contributed by atoms with Gasteiger partial charge in [0.05, 0.1) is 5.69 Å². The summed E-state index contributed by atoms with van der Waals surface area (Å²) in [5.74, 6) is 0.726. The predicted molar refractivity (Wildman–Crippen MR) is 101 cm³/mol. The molecule has 2 aliphatic rings. The highest BCUT2D eigenvalue weighted by atomic mass is 35.5. The van der Waals surface area contributed by atoms with Crippen LogP contribution in [-0.4, -0.2) is 52.9 Å². The first-order valence-electron chi connectivity index (χ1n) is 9.12. The molecule has 0 saturated carbocycles. The van der Waals surface area contributed by atoms with E-state index in [1.807, 2.05) is 12.1 Å². The first-order valence-corrected chi connectivity index (χ1v) is 9.49. The SMILES string of the molecule is Clc1ccc(-c2cc(N3CC(CN4CCCC4)C3)c3nonc3c2)cn1. The number of likely N-dealkylation sites (tertiary alicyclic amines) is 1. The molecule has 2 fully saturated rings. The van der Waals surface area contributed by atoms with Gasteiger partial charge in [0.15, 0.2) is 5.52 Å². The van der Waals surface area contributed by atoms with Crippen molar-refractivity contribution in [2.75, 3.05) is 37.6 Å². The normalized spacial score (nSPS) is 18.6. The quantitative estimate of drug-likeness (QED) is 0.656. The second kappa shape index (κ2) is 6.52. The topological polar surface area (TPSA) is 58.3 Å². The van der Waals surface area contributed by atoms with Crippen molar-refractivity contribution in [2.45, 2.75) is 12.8 Å². The highest BCUT2D eigenvalue weighted by Gasteiger charge is 2.31. The molecule has 0 atom stereocenters. The summed E-state index contributed by atoms with van der Waals surface area (Å²) in [5, 5.41) is 8.67. The molecule has 3 aromatic rings. The fourth-order valence-electron chi connectivity index (χ4n) is 4.04. The third-order valence-electron chi connectivity index (χ3n) is 5.41. The smallest absolute Gasteiger partial charge is 0.158 e. The van der Waals surface area contributed by atoms with E-state index in [-0.39, 0.29) is 0 Å². The molecule has 2 saturated heterocycles. The van der Waals surface area contributed by atoms with Crippen LogP contribution in [0, 0.1) is 5.92 Å². The van der Waals surface area contributed by atoms with Gasteiger partial charge in [0.2, 0.25) is 0 Å². The lowest BCUT2D eigenvalue weighted by atomic mass is 9.97. The van der Waals surface area contributed by atoms with Gasteiger partial charge in [-0.25, -0.2) is 9.61 Å². The molecule has 4 heterocycles. The lowest BCUT2D eigenvalue weighted by Crippen LogP contribution is -2.51. The van der Waals surface area contributed by atoms with Gasteiger partial charge in [0.1, 0.15) is 10.7 Å². The fraction of sp³-hybridized carbons (Fsp3) is 0.421. The monoisotopic (exact) mass is 369 g/mol. The lowest BCUT2D eigenvalue weighted by Gasteiger charge is -2.42. The molecule has 0 bridgehead atoms. The van der Waals surface area contributed by atoms with E-state index in [0.29, 0.717) is 5.15 Å². The zero-order valence-corrected chi connectivity index (χ0v) is 15.2. The van der Waals surface area contributed by atoms with Gasteiger partial charge in [-0.2, -0.15) is 0 Å². The number of nitrogens with zero attached hydrogens (tertiary/aromatic N) is 5. The Balaban J connectivity index is 1.40. The van der Waals surface area contributed by atoms with Gasteiger partial charge in [-0.1, -0.05) is 11.6 Å². The number of anilines is 1. The number of hydrogen-bond acceptors (Lipinski definition) is 6. The molecule has 0 amide bonds. The highest BCUT2D eigenvalue weighted by molar-refractivity contribution is 6.29. The molecule has 6 nitrogen and oxygen atoms in total. The minimum Gasteiger partial charge on any atom is -0.369 e. The van der Waals surface area contributed by atoms with Crippen molar-refractivity contribution in [2.24, 2.45) is 5.92 Å². The van der Waals surface area contributed by atoms with E-state index in [9.17, 15) is 0 Å². The van der Waals surface area contributed by atoms with Gasteiger partial charge in [-0.05, 0) is 66.1 Å². The second-order valence-electron chi connectivity index (χ2n) is 7.28. The molecule has 0 aliphatic carbocycles. The molecule has 7 heteroatoms. The number of hydrogen-bond donors (Lipinski definition) is 0. The second-order valence-corrected chi connectivity index (χ2v) is 7.66. The molecular formula is C19H20ClN5O. The average molecular weight is 370 g/mol. The van der Waals surface area contributed by atoms with Gasteiger partial charge >= 0.3 is 0 Å². The average Bonchev–Trinajstić information content (AvgIpc) is 3.29. The molecule has 26 heavy (non-hydrogen) atoms. The van der Waals surface area contributed by atoms with Crippen molar-refractivity contribution >= 4 is 28.3 Å². The maximum atomic E-state index is 5.92. The van der Waals surface area contributed by atoms with E-state index in [2.05, 4.69) is 31.2 Å². The van der Waals surface area contributed by atoms with Crippen LogP contribution >= 0.6 is 11.6 Å². The number of pyridine rings is 1. The summed E-state index contributed by atoms with van der Waals surface area (Å²) in [6.45, 7) is 5.83. The Bertz CT molecular complexity index is 913.